The highest BCUT2D eigenvalue weighted by atomic mass is 16.1. The van der Waals surface area contributed by atoms with Gasteiger partial charge in [-0.3, -0.25) is 9.89 Å². The van der Waals surface area contributed by atoms with E-state index in [2.05, 4.69) is 27.3 Å². The molecule has 1 aliphatic carbocycles. The number of hydrogen-bond acceptors (Lipinski definition) is 3. The van der Waals surface area contributed by atoms with E-state index in [1.807, 2.05) is 6.07 Å². The quantitative estimate of drug-likeness (QED) is 0.761. The SMILES string of the molecule is C[C@@H]1CCCCN1CCCCNC(=O)c1cc(C2CC2)[nH]n1. The van der Waals surface area contributed by atoms with E-state index in [9.17, 15) is 4.79 Å². The molecule has 122 valence electrons. The fourth-order valence-electron chi connectivity index (χ4n) is 3.28. The van der Waals surface area contributed by atoms with Gasteiger partial charge in [0.2, 0.25) is 0 Å². The predicted molar refractivity (Wildman–Crippen MR) is 87.0 cm³/mol. The first kappa shape index (κ1) is 15.5. The van der Waals surface area contributed by atoms with Gasteiger partial charge in [0, 0.05) is 24.2 Å². The molecule has 22 heavy (non-hydrogen) atoms. The van der Waals surface area contributed by atoms with Crippen LogP contribution in [0.4, 0.5) is 0 Å². The lowest BCUT2D eigenvalue weighted by atomic mass is 10.0. The molecule has 2 heterocycles. The topological polar surface area (TPSA) is 61.0 Å². The van der Waals surface area contributed by atoms with E-state index in [1.165, 1.54) is 38.6 Å². The molecule has 5 nitrogen and oxygen atoms in total. The van der Waals surface area contributed by atoms with Crippen LogP contribution in [0.3, 0.4) is 0 Å². The molecule has 5 heteroatoms. The number of carbonyl (C=O) groups excluding carboxylic acids is 1. The summed E-state index contributed by atoms with van der Waals surface area (Å²) >= 11 is 0. The Balaban J connectivity index is 1.31. The molecule has 0 unspecified atom stereocenters. The second-order valence-electron chi connectivity index (χ2n) is 6.83. The Morgan fingerprint density at radius 3 is 3.00 bits per heavy atom. The predicted octanol–water partition coefficient (Wildman–Crippen LogP) is 2.67. The van der Waals surface area contributed by atoms with Gasteiger partial charge in [-0.2, -0.15) is 5.10 Å². The lowest BCUT2D eigenvalue weighted by Gasteiger charge is -2.33. The summed E-state index contributed by atoms with van der Waals surface area (Å²) in [4.78, 5) is 14.6. The molecule has 2 fully saturated rings. The first-order chi connectivity index (χ1) is 10.7. The van der Waals surface area contributed by atoms with Crippen LogP contribution in [0.15, 0.2) is 6.07 Å². The van der Waals surface area contributed by atoms with Crippen LogP contribution in [0.1, 0.15) is 74.0 Å². The highest BCUT2D eigenvalue weighted by Crippen LogP contribution is 2.38. The van der Waals surface area contributed by atoms with Crippen molar-refractivity contribution >= 4 is 5.91 Å². The summed E-state index contributed by atoms with van der Waals surface area (Å²) in [6, 6.07) is 2.64. The summed E-state index contributed by atoms with van der Waals surface area (Å²) in [5.74, 6) is 0.565. The van der Waals surface area contributed by atoms with Gasteiger partial charge in [0.1, 0.15) is 5.69 Å². The van der Waals surface area contributed by atoms with Crippen molar-refractivity contribution < 1.29 is 4.79 Å². The second kappa shape index (κ2) is 7.27. The van der Waals surface area contributed by atoms with Crippen molar-refractivity contribution in [3.63, 3.8) is 0 Å². The molecule has 0 aromatic carbocycles. The van der Waals surface area contributed by atoms with Gasteiger partial charge < -0.3 is 10.2 Å². The van der Waals surface area contributed by atoms with E-state index in [4.69, 9.17) is 0 Å². The smallest absolute Gasteiger partial charge is 0.271 e. The molecule has 1 atom stereocenters. The number of aromatic amines is 1. The van der Waals surface area contributed by atoms with Crippen LogP contribution in [-0.4, -0.2) is 46.7 Å². The minimum atomic E-state index is -0.0468. The average molecular weight is 304 g/mol. The minimum absolute atomic E-state index is 0.0468. The summed E-state index contributed by atoms with van der Waals surface area (Å²) in [6.45, 7) is 5.47. The van der Waals surface area contributed by atoms with Gasteiger partial charge in [0.05, 0.1) is 0 Å². The van der Waals surface area contributed by atoms with Crippen molar-refractivity contribution in [1.29, 1.82) is 0 Å². The number of amides is 1. The van der Waals surface area contributed by atoms with Crippen molar-refractivity contribution in [3.8, 4) is 0 Å². The largest absolute Gasteiger partial charge is 0.351 e. The summed E-state index contributed by atoms with van der Waals surface area (Å²) in [7, 11) is 0. The first-order valence-corrected chi connectivity index (χ1v) is 8.81. The maximum Gasteiger partial charge on any atom is 0.271 e. The van der Waals surface area contributed by atoms with Crippen molar-refractivity contribution in [3.05, 3.63) is 17.5 Å². The van der Waals surface area contributed by atoms with Gasteiger partial charge in [-0.05, 0) is 64.6 Å². The molecule has 1 aliphatic heterocycles. The third-order valence-corrected chi connectivity index (χ3v) is 4.95. The van der Waals surface area contributed by atoms with Gasteiger partial charge in [0.15, 0.2) is 0 Å². The van der Waals surface area contributed by atoms with E-state index in [1.54, 1.807) is 0 Å². The van der Waals surface area contributed by atoms with Crippen LogP contribution in [-0.2, 0) is 0 Å². The molecule has 3 rings (SSSR count). The molecule has 0 bridgehead atoms. The number of piperidine rings is 1. The number of unbranched alkanes of at least 4 members (excludes halogenated alkanes) is 1. The number of H-pyrrole nitrogens is 1. The van der Waals surface area contributed by atoms with E-state index in [0.29, 0.717) is 11.6 Å². The van der Waals surface area contributed by atoms with Crippen LogP contribution in [0.5, 0.6) is 0 Å². The molecule has 1 amide bonds. The number of nitrogens with zero attached hydrogens (tertiary/aromatic N) is 2. The molecular formula is C17H28N4O. The van der Waals surface area contributed by atoms with Crippen molar-refractivity contribution in [1.82, 2.24) is 20.4 Å². The molecule has 1 saturated heterocycles. The summed E-state index contributed by atoms with van der Waals surface area (Å²) in [6.07, 6.45) is 8.67. The molecule has 1 aromatic rings. The lowest BCUT2D eigenvalue weighted by Crippen LogP contribution is -2.38. The highest BCUT2D eigenvalue weighted by molar-refractivity contribution is 5.92. The van der Waals surface area contributed by atoms with Crippen molar-refractivity contribution in [2.45, 2.75) is 63.8 Å². The average Bonchev–Trinajstić information content (AvgIpc) is 3.26. The van der Waals surface area contributed by atoms with Gasteiger partial charge in [-0.1, -0.05) is 6.42 Å². The van der Waals surface area contributed by atoms with Crippen molar-refractivity contribution in [2.24, 2.45) is 0 Å². The number of likely N-dealkylation sites (tertiary alicyclic amines) is 1. The normalized spacial score (nSPS) is 22.7. The minimum Gasteiger partial charge on any atom is -0.351 e. The molecule has 2 N–H and O–H groups in total. The van der Waals surface area contributed by atoms with Crippen LogP contribution in [0.2, 0.25) is 0 Å². The zero-order chi connectivity index (χ0) is 15.4. The Bertz CT molecular complexity index is 495. The monoisotopic (exact) mass is 304 g/mol. The number of hydrogen-bond donors (Lipinski definition) is 2. The molecule has 0 radical (unpaired) electrons. The Morgan fingerprint density at radius 1 is 1.36 bits per heavy atom. The van der Waals surface area contributed by atoms with Crippen LogP contribution >= 0.6 is 0 Å². The van der Waals surface area contributed by atoms with Gasteiger partial charge in [-0.25, -0.2) is 0 Å². The van der Waals surface area contributed by atoms with Gasteiger partial charge >= 0.3 is 0 Å². The number of rotatable bonds is 7. The van der Waals surface area contributed by atoms with Crippen LogP contribution in [0, 0.1) is 0 Å². The number of carbonyl (C=O) groups is 1. The number of aromatic nitrogens is 2. The van der Waals surface area contributed by atoms with E-state index in [0.717, 1.165) is 37.7 Å². The fraction of sp³-hybridized carbons (Fsp3) is 0.765. The summed E-state index contributed by atoms with van der Waals surface area (Å²) in [5, 5.41) is 10.1. The lowest BCUT2D eigenvalue weighted by molar-refractivity contribution is 0.0946. The zero-order valence-electron chi connectivity index (χ0n) is 13.6. The van der Waals surface area contributed by atoms with E-state index >= 15 is 0 Å². The first-order valence-electron chi connectivity index (χ1n) is 8.81. The Kier molecular flexibility index (Phi) is 5.13. The fourth-order valence-corrected chi connectivity index (χ4v) is 3.28. The number of nitrogens with one attached hydrogen (secondary N) is 2. The Hall–Kier alpha value is -1.36. The zero-order valence-corrected chi connectivity index (χ0v) is 13.6. The molecule has 1 aromatic heterocycles. The van der Waals surface area contributed by atoms with Gasteiger partial charge in [-0.15, -0.1) is 0 Å². The van der Waals surface area contributed by atoms with Crippen LogP contribution in [0.25, 0.3) is 0 Å². The highest BCUT2D eigenvalue weighted by Gasteiger charge is 2.26. The van der Waals surface area contributed by atoms with Crippen molar-refractivity contribution in [2.75, 3.05) is 19.6 Å². The summed E-state index contributed by atoms with van der Waals surface area (Å²) in [5.41, 5.74) is 1.65. The maximum absolute atomic E-state index is 12.0. The molecule has 1 saturated carbocycles. The Morgan fingerprint density at radius 2 is 2.23 bits per heavy atom. The Labute approximate surface area is 132 Å². The molecule has 0 spiro atoms. The summed E-state index contributed by atoms with van der Waals surface area (Å²) < 4.78 is 0. The van der Waals surface area contributed by atoms with Gasteiger partial charge in [0.25, 0.3) is 5.91 Å². The van der Waals surface area contributed by atoms with Crippen LogP contribution < -0.4 is 5.32 Å². The maximum atomic E-state index is 12.0. The molecule has 2 aliphatic rings. The van der Waals surface area contributed by atoms with E-state index < -0.39 is 0 Å². The second-order valence-corrected chi connectivity index (χ2v) is 6.83. The third-order valence-electron chi connectivity index (χ3n) is 4.95. The van der Waals surface area contributed by atoms with E-state index in [-0.39, 0.29) is 5.91 Å². The molecular weight excluding hydrogens is 276 g/mol. The third kappa shape index (κ3) is 4.09. The standard InChI is InChI=1S/C17H28N4O/c1-13-6-2-4-10-21(13)11-5-3-9-18-17(22)16-12-15(19-20-16)14-7-8-14/h12-14H,2-11H2,1H3,(H,18,22)(H,19,20)/t13-/m1/s1.